The van der Waals surface area contributed by atoms with Gasteiger partial charge in [-0.15, -0.1) is 27.3 Å². The molecule has 0 saturated carbocycles. The zero-order valence-corrected chi connectivity index (χ0v) is 24.5. The summed E-state index contributed by atoms with van der Waals surface area (Å²) in [6.07, 6.45) is 0.835. The molecule has 1 unspecified atom stereocenters. The number of benzene rings is 2. The number of hydrogen-bond acceptors (Lipinski definition) is 8. The summed E-state index contributed by atoms with van der Waals surface area (Å²) in [6.45, 7) is 6.25. The Kier molecular flexibility index (Phi) is 8.93. The molecule has 1 amide bonds. The van der Waals surface area contributed by atoms with Gasteiger partial charge in [0.2, 0.25) is 11.2 Å². The lowest BCUT2D eigenvalue weighted by Gasteiger charge is -2.42. The lowest BCUT2D eigenvalue weighted by atomic mass is 9.57. The fraction of sp³-hybridized carbons (Fsp3) is 0.333. The molecule has 2 heterocycles. The van der Waals surface area contributed by atoms with Crippen molar-refractivity contribution in [1.82, 2.24) is 14.7 Å². The quantitative estimate of drug-likeness (QED) is 0.115. The Morgan fingerprint density at radius 3 is 1.86 bits per heavy atom. The largest absolute Gasteiger partial charge is 0.508 e. The number of carbonyl (C=O) groups is 2. The first-order chi connectivity index (χ1) is 20.4. The summed E-state index contributed by atoms with van der Waals surface area (Å²) in [4.78, 5) is 40.8. The van der Waals surface area contributed by atoms with E-state index < -0.39 is 86.4 Å². The van der Waals surface area contributed by atoms with Crippen LogP contribution in [0.2, 0.25) is 0 Å². The number of fused-ring (bicyclic) bond motifs is 1. The van der Waals surface area contributed by atoms with Crippen LogP contribution < -0.4 is 48.4 Å². The normalized spacial score (nSPS) is 15.5. The van der Waals surface area contributed by atoms with E-state index in [-0.39, 0.29) is 39.4 Å². The van der Waals surface area contributed by atoms with Crippen LogP contribution in [0.25, 0.3) is 0 Å². The maximum atomic E-state index is 13.9. The Morgan fingerprint density at radius 2 is 1.34 bits per heavy atom. The molecule has 2 atom stereocenters. The number of hydrogen-bond donors (Lipinski definition) is 3. The van der Waals surface area contributed by atoms with Crippen LogP contribution in [0, 0.1) is 5.92 Å². The van der Waals surface area contributed by atoms with Crippen LogP contribution in [-0.4, -0.2) is 109 Å². The Bertz CT molecular complexity index is 1650. The van der Waals surface area contributed by atoms with Crippen molar-refractivity contribution in [3.8, 4) is 23.0 Å². The number of amides is 1. The number of rotatable bonds is 6. The third kappa shape index (κ3) is 5.14. The minimum absolute atomic E-state index is 0.0846. The van der Waals surface area contributed by atoms with Crippen molar-refractivity contribution in [2.45, 2.75) is 45.7 Å². The fourth-order valence-corrected chi connectivity index (χ4v) is 5.20. The van der Waals surface area contributed by atoms with E-state index in [0.29, 0.717) is 0 Å². The van der Waals surface area contributed by atoms with Gasteiger partial charge in [0, 0.05) is 24.1 Å². The Hall–Kier alpha value is -3.89. The van der Waals surface area contributed by atoms with Crippen molar-refractivity contribution >= 4 is 105 Å². The molecule has 3 aromatic rings. The molecule has 1 aromatic heterocycles. The number of phenols is 3. The average molecular weight is 576 g/mol. The summed E-state index contributed by atoms with van der Waals surface area (Å²) < 4.78 is 6.49. The summed E-state index contributed by atoms with van der Waals surface area (Å²) in [7, 11) is 43.1. The molecule has 0 aliphatic carbocycles. The molecule has 0 fully saturated rings. The Balaban J connectivity index is 2.21. The van der Waals surface area contributed by atoms with Crippen molar-refractivity contribution in [2.75, 3.05) is 6.54 Å². The lowest BCUT2D eigenvalue weighted by molar-refractivity contribution is -0.137. The van der Waals surface area contributed by atoms with Crippen LogP contribution in [0.5, 0.6) is 23.0 Å². The standard InChI is InChI=1S/C27H22B7N3O7/c1-7(2)27(43)44-25-10(38)5-35-37-9(6-36(8(3)4)26(42)21(25)37)11(12-14(28)16(30)18(32)17(31)15(12)29)13-22(39)19(33)20(34)24(41)23(13)40/h5,7-9,11,39-41H,6H2,1-4H3/t9-,11?/m1/s1. The van der Waals surface area contributed by atoms with E-state index in [1.54, 1.807) is 27.7 Å². The first-order valence-electron chi connectivity index (χ1n) is 13.4. The van der Waals surface area contributed by atoms with E-state index in [0.717, 1.165) is 10.9 Å². The second-order valence-electron chi connectivity index (χ2n) is 11.1. The predicted molar refractivity (Wildman–Crippen MR) is 172 cm³/mol. The van der Waals surface area contributed by atoms with Crippen molar-refractivity contribution < 1.29 is 29.6 Å². The van der Waals surface area contributed by atoms with E-state index in [4.69, 9.17) is 59.7 Å². The summed E-state index contributed by atoms with van der Waals surface area (Å²) in [6, 6.07) is -1.72. The smallest absolute Gasteiger partial charge is 0.313 e. The van der Waals surface area contributed by atoms with Gasteiger partial charge in [-0.3, -0.25) is 19.1 Å². The maximum Gasteiger partial charge on any atom is 0.313 e. The highest BCUT2D eigenvalue weighted by Crippen LogP contribution is 2.46. The molecule has 208 valence electrons. The predicted octanol–water partition coefficient (Wildman–Crippen LogP) is -5.28. The first-order valence-corrected chi connectivity index (χ1v) is 13.4. The molecule has 1 aliphatic rings. The number of aromatic nitrogens is 2. The zero-order chi connectivity index (χ0) is 33.1. The molecule has 0 saturated heterocycles. The molecular formula is C27H22B7N3O7. The van der Waals surface area contributed by atoms with Crippen molar-refractivity contribution in [3.63, 3.8) is 0 Å². The van der Waals surface area contributed by atoms with Gasteiger partial charge in [-0.2, -0.15) is 5.10 Å². The molecule has 1 aliphatic heterocycles. The van der Waals surface area contributed by atoms with Crippen molar-refractivity contribution in [1.29, 1.82) is 0 Å². The van der Waals surface area contributed by atoms with Gasteiger partial charge in [0.25, 0.3) is 5.91 Å². The molecule has 4 rings (SSSR count). The van der Waals surface area contributed by atoms with Crippen LogP contribution >= 0.6 is 0 Å². The second kappa shape index (κ2) is 11.9. The molecule has 2 aromatic carbocycles. The SMILES string of the molecule is [B]c1c([B])c([B])c(C(c2c(O)c([B])c([B])c(O)c2O)[C@H]2CN(C(C)C)C(=O)c3c(OC(=O)C(C)C)c(=O)cnn32)c([B])c1[B]. The molecule has 44 heavy (non-hydrogen) atoms. The summed E-state index contributed by atoms with van der Waals surface area (Å²) in [5, 5.41) is 37.4. The third-order valence-corrected chi connectivity index (χ3v) is 7.71. The summed E-state index contributed by atoms with van der Waals surface area (Å²) in [5.41, 5.74) is -3.75. The van der Waals surface area contributed by atoms with Crippen molar-refractivity contribution in [2.24, 2.45) is 5.92 Å². The highest BCUT2D eigenvalue weighted by Gasteiger charge is 2.44. The van der Waals surface area contributed by atoms with Crippen molar-refractivity contribution in [3.05, 3.63) is 33.2 Å². The average Bonchev–Trinajstić information content (AvgIpc) is 2.97. The number of nitrogens with zero attached hydrogens (tertiary/aromatic N) is 3. The topological polar surface area (TPSA) is 142 Å². The molecule has 3 N–H and O–H groups in total. The van der Waals surface area contributed by atoms with Crippen LogP contribution in [0.1, 0.15) is 61.3 Å². The number of aromatic hydroxyl groups is 3. The third-order valence-electron chi connectivity index (χ3n) is 7.71. The van der Waals surface area contributed by atoms with Crippen LogP contribution in [0.4, 0.5) is 0 Å². The minimum Gasteiger partial charge on any atom is -0.508 e. The van der Waals surface area contributed by atoms with Gasteiger partial charge in [-0.1, -0.05) is 30.3 Å². The fourth-order valence-electron chi connectivity index (χ4n) is 5.20. The van der Waals surface area contributed by atoms with Gasteiger partial charge in [-0.05, 0) is 13.8 Å². The Morgan fingerprint density at radius 1 is 0.818 bits per heavy atom. The number of ether oxygens (including phenoxy) is 1. The highest BCUT2D eigenvalue weighted by atomic mass is 16.5. The van der Waals surface area contributed by atoms with Crippen LogP contribution in [0.3, 0.4) is 0 Å². The van der Waals surface area contributed by atoms with Gasteiger partial charge in [0.05, 0.1) is 18.2 Å². The monoisotopic (exact) mass is 577 g/mol. The van der Waals surface area contributed by atoms with E-state index in [2.05, 4.69) is 5.10 Å². The van der Waals surface area contributed by atoms with Gasteiger partial charge in [0.1, 0.15) is 66.4 Å². The van der Waals surface area contributed by atoms with Gasteiger partial charge < -0.3 is 25.0 Å². The summed E-state index contributed by atoms with van der Waals surface area (Å²) in [5.74, 6) is -6.78. The second-order valence-corrected chi connectivity index (χ2v) is 11.1. The van der Waals surface area contributed by atoms with Crippen LogP contribution in [0.15, 0.2) is 11.0 Å². The van der Waals surface area contributed by atoms with E-state index in [1.165, 1.54) is 4.90 Å². The number of esters is 1. The van der Waals surface area contributed by atoms with E-state index in [9.17, 15) is 29.7 Å². The zero-order valence-electron chi connectivity index (χ0n) is 24.5. The summed E-state index contributed by atoms with van der Waals surface area (Å²) >= 11 is 0. The van der Waals surface area contributed by atoms with Crippen LogP contribution in [-0.2, 0) is 4.79 Å². The Labute approximate surface area is 263 Å². The van der Waals surface area contributed by atoms with Gasteiger partial charge in [-0.25, -0.2) is 0 Å². The van der Waals surface area contributed by atoms with E-state index >= 15 is 0 Å². The first kappa shape index (κ1) is 33.0. The van der Waals surface area contributed by atoms with E-state index in [1.807, 2.05) is 0 Å². The molecular weight excluding hydrogens is 554 g/mol. The number of carbonyl (C=O) groups excluding carboxylic acids is 2. The molecule has 14 radical (unpaired) electrons. The number of phenolic OH excluding ortho intramolecular Hbond substituents is 3. The molecule has 0 spiro atoms. The molecule has 17 heteroatoms. The lowest BCUT2D eigenvalue weighted by Crippen LogP contribution is -2.58. The maximum absolute atomic E-state index is 13.9. The van der Waals surface area contributed by atoms with Gasteiger partial charge >= 0.3 is 5.97 Å². The molecule has 10 nitrogen and oxygen atoms in total. The molecule has 0 bridgehead atoms. The minimum atomic E-state index is -1.47. The highest BCUT2D eigenvalue weighted by molar-refractivity contribution is 6.67. The van der Waals surface area contributed by atoms with Gasteiger partial charge in [0.15, 0.2) is 11.4 Å².